The van der Waals surface area contributed by atoms with Crippen LogP contribution in [0.4, 0.5) is 0 Å². The van der Waals surface area contributed by atoms with Gasteiger partial charge < -0.3 is 9.30 Å². The van der Waals surface area contributed by atoms with E-state index in [1.165, 1.54) is 5.56 Å². The van der Waals surface area contributed by atoms with Crippen molar-refractivity contribution in [1.82, 2.24) is 14.3 Å². The van der Waals surface area contributed by atoms with E-state index in [0.29, 0.717) is 28.8 Å². The summed E-state index contributed by atoms with van der Waals surface area (Å²) in [7, 11) is 0. The van der Waals surface area contributed by atoms with E-state index in [1.54, 1.807) is 12.3 Å². The second-order valence-corrected chi connectivity index (χ2v) is 7.06. The Morgan fingerprint density at radius 1 is 1.15 bits per heavy atom. The highest BCUT2D eigenvalue weighted by molar-refractivity contribution is 6.36. The number of imidazole rings is 1. The molecule has 0 aliphatic carbocycles. The predicted molar refractivity (Wildman–Crippen MR) is 107 cm³/mol. The largest absolute Gasteiger partial charge is 0.343 e. The predicted octanol–water partition coefficient (Wildman–Crippen LogP) is 5.03. The zero-order valence-corrected chi connectivity index (χ0v) is 16.6. The van der Waals surface area contributed by atoms with Crippen molar-refractivity contribution in [3.63, 3.8) is 0 Å². The summed E-state index contributed by atoms with van der Waals surface area (Å²) in [5.41, 5.74) is 4.28. The number of nitrogens with zero attached hydrogens (tertiary/aromatic N) is 3. The molecule has 4 nitrogen and oxygen atoms in total. The van der Waals surface area contributed by atoms with Gasteiger partial charge in [-0.1, -0.05) is 53.0 Å². The molecule has 0 spiro atoms. The zero-order chi connectivity index (χ0) is 18.8. The minimum atomic E-state index is 0.0567. The lowest BCUT2D eigenvalue weighted by atomic mass is 10.1. The smallest absolute Gasteiger partial charge is 0.228 e. The molecular formula is C20H21Cl2N3O. The van der Waals surface area contributed by atoms with Crippen LogP contribution in [0, 0.1) is 6.92 Å². The number of aromatic nitrogens is 2. The van der Waals surface area contributed by atoms with Gasteiger partial charge in [-0.05, 0) is 26.8 Å². The highest BCUT2D eigenvalue weighted by Crippen LogP contribution is 2.30. The number of rotatable bonds is 5. The molecule has 0 aliphatic rings. The Kier molecular flexibility index (Phi) is 5.54. The van der Waals surface area contributed by atoms with Gasteiger partial charge >= 0.3 is 0 Å². The van der Waals surface area contributed by atoms with Crippen LogP contribution in [0.2, 0.25) is 10.0 Å². The van der Waals surface area contributed by atoms with Crippen LogP contribution in [-0.2, 0) is 11.2 Å². The number of carbonyl (C=O) groups is 1. The fraction of sp³-hybridized carbons (Fsp3) is 0.300. The quantitative estimate of drug-likeness (QED) is 0.613. The van der Waals surface area contributed by atoms with E-state index in [4.69, 9.17) is 28.2 Å². The number of pyridine rings is 1. The third-order valence-electron chi connectivity index (χ3n) is 4.50. The third-order valence-corrected chi connectivity index (χ3v) is 4.99. The molecule has 0 saturated heterocycles. The number of fused-ring (bicyclic) bond motifs is 1. The van der Waals surface area contributed by atoms with Crippen molar-refractivity contribution in [3.8, 4) is 11.3 Å². The second kappa shape index (κ2) is 7.68. The van der Waals surface area contributed by atoms with E-state index in [-0.39, 0.29) is 12.3 Å². The van der Waals surface area contributed by atoms with E-state index in [1.807, 2.05) is 54.3 Å². The molecule has 3 rings (SSSR count). The number of likely N-dealkylation sites (N-methyl/N-ethyl adjacent to an activating group) is 1. The Morgan fingerprint density at radius 2 is 1.81 bits per heavy atom. The summed E-state index contributed by atoms with van der Waals surface area (Å²) in [4.78, 5) is 19.3. The van der Waals surface area contributed by atoms with Crippen LogP contribution in [0.1, 0.15) is 25.1 Å². The first-order valence-corrected chi connectivity index (χ1v) is 9.41. The molecule has 1 amide bonds. The fourth-order valence-electron chi connectivity index (χ4n) is 3.06. The summed E-state index contributed by atoms with van der Waals surface area (Å²) in [6.45, 7) is 7.34. The summed E-state index contributed by atoms with van der Waals surface area (Å²) in [6, 6.07) is 9.75. The highest BCUT2D eigenvalue weighted by Gasteiger charge is 2.21. The van der Waals surface area contributed by atoms with E-state index in [2.05, 4.69) is 0 Å². The van der Waals surface area contributed by atoms with Gasteiger partial charge in [-0.3, -0.25) is 4.79 Å². The maximum atomic E-state index is 12.7. The average Bonchev–Trinajstić information content (AvgIpc) is 2.95. The topological polar surface area (TPSA) is 37.6 Å². The Bertz CT molecular complexity index is 944. The maximum absolute atomic E-state index is 12.7. The first kappa shape index (κ1) is 18.7. The molecule has 0 atom stereocenters. The average molecular weight is 390 g/mol. The molecule has 0 fully saturated rings. The number of hydrogen-bond acceptors (Lipinski definition) is 2. The van der Waals surface area contributed by atoms with Gasteiger partial charge in [0.2, 0.25) is 5.91 Å². The number of benzene rings is 1. The van der Waals surface area contributed by atoms with E-state index < -0.39 is 0 Å². The summed E-state index contributed by atoms with van der Waals surface area (Å²) in [6.07, 6.45) is 2.00. The number of aryl methyl sites for hydroxylation is 1. The molecule has 0 unspecified atom stereocenters. The Labute approximate surface area is 163 Å². The summed E-state index contributed by atoms with van der Waals surface area (Å²) in [5, 5.41) is 0.972. The van der Waals surface area contributed by atoms with Crippen LogP contribution >= 0.6 is 23.2 Å². The SMILES string of the molecule is CCN(CC)C(=O)Cc1c(-c2ccc(C)cc2)nc2c(Cl)cc(Cl)cn12. The van der Waals surface area contributed by atoms with Crippen molar-refractivity contribution in [3.05, 3.63) is 57.8 Å². The van der Waals surface area contributed by atoms with Crippen molar-refractivity contribution >= 4 is 34.8 Å². The van der Waals surface area contributed by atoms with Crippen LogP contribution < -0.4 is 0 Å². The van der Waals surface area contributed by atoms with Gasteiger partial charge in [0, 0.05) is 24.8 Å². The number of carbonyl (C=O) groups excluding carboxylic acids is 1. The van der Waals surface area contributed by atoms with Gasteiger partial charge in [0.25, 0.3) is 0 Å². The minimum absolute atomic E-state index is 0.0567. The monoisotopic (exact) mass is 389 g/mol. The van der Waals surface area contributed by atoms with Gasteiger partial charge in [0.1, 0.15) is 0 Å². The number of halogens is 2. The Hall–Kier alpha value is -2.04. The number of hydrogen-bond donors (Lipinski definition) is 0. The molecule has 0 aliphatic heterocycles. The van der Waals surface area contributed by atoms with Crippen molar-refractivity contribution in [2.24, 2.45) is 0 Å². The normalized spacial score (nSPS) is 11.1. The molecular weight excluding hydrogens is 369 g/mol. The van der Waals surface area contributed by atoms with Crippen LogP contribution in [0.25, 0.3) is 16.9 Å². The lowest BCUT2D eigenvalue weighted by molar-refractivity contribution is -0.130. The van der Waals surface area contributed by atoms with Crippen molar-refractivity contribution < 1.29 is 4.79 Å². The van der Waals surface area contributed by atoms with E-state index in [9.17, 15) is 4.79 Å². The lowest BCUT2D eigenvalue weighted by Crippen LogP contribution is -2.32. The zero-order valence-electron chi connectivity index (χ0n) is 15.1. The van der Waals surface area contributed by atoms with Crippen LogP contribution in [0.5, 0.6) is 0 Å². The highest BCUT2D eigenvalue weighted by atomic mass is 35.5. The van der Waals surface area contributed by atoms with E-state index in [0.717, 1.165) is 17.0 Å². The van der Waals surface area contributed by atoms with E-state index >= 15 is 0 Å². The van der Waals surface area contributed by atoms with Gasteiger partial charge in [0.15, 0.2) is 5.65 Å². The molecule has 6 heteroatoms. The molecule has 136 valence electrons. The maximum Gasteiger partial charge on any atom is 0.228 e. The second-order valence-electron chi connectivity index (χ2n) is 6.22. The van der Waals surface area contributed by atoms with Gasteiger partial charge in [-0.2, -0.15) is 0 Å². The standard InChI is InChI=1S/C20H21Cl2N3O/c1-4-24(5-2)18(26)11-17-19(14-8-6-13(3)7-9-14)23-20-16(22)10-15(21)12-25(17)20/h6-10,12H,4-5,11H2,1-3H3. The van der Waals surface area contributed by atoms with Crippen molar-refractivity contribution in [1.29, 1.82) is 0 Å². The number of amides is 1. The first-order valence-electron chi connectivity index (χ1n) is 8.65. The van der Waals surface area contributed by atoms with Gasteiger partial charge in [-0.25, -0.2) is 4.98 Å². The van der Waals surface area contributed by atoms with Crippen molar-refractivity contribution in [2.45, 2.75) is 27.2 Å². The summed E-state index contributed by atoms with van der Waals surface area (Å²) < 4.78 is 1.83. The molecule has 2 heterocycles. The lowest BCUT2D eigenvalue weighted by Gasteiger charge is -2.18. The molecule has 2 aromatic heterocycles. The van der Waals surface area contributed by atoms with Crippen LogP contribution in [0.15, 0.2) is 36.5 Å². The minimum Gasteiger partial charge on any atom is -0.343 e. The molecule has 0 radical (unpaired) electrons. The van der Waals surface area contributed by atoms with Gasteiger partial charge in [-0.15, -0.1) is 0 Å². The van der Waals surface area contributed by atoms with Crippen LogP contribution in [0.3, 0.4) is 0 Å². The van der Waals surface area contributed by atoms with Crippen molar-refractivity contribution in [2.75, 3.05) is 13.1 Å². The fourth-order valence-corrected chi connectivity index (χ4v) is 3.58. The Balaban J connectivity index is 2.18. The molecule has 0 N–H and O–H groups in total. The molecule has 3 aromatic rings. The van der Waals surface area contributed by atoms with Gasteiger partial charge in [0.05, 0.1) is 27.9 Å². The molecule has 26 heavy (non-hydrogen) atoms. The summed E-state index contributed by atoms with van der Waals surface area (Å²) in [5.74, 6) is 0.0567. The summed E-state index contributed by atoms with van der Waals surface area (Å²) >= 11 is 12.5. The molecule has 0 saturated carbocycles. The van der Waals surface area contributed by atoms with Crippen LogP contribution in [-0.4, -0.2) is 33.3 Å². The first-order chi connectivity index (χ1) is 12.4. The molecule has 1 aromatic carbocycles. The molecule has 0 bridgehead atoms. The third kappa shape index (κ3) is 3.57. The Morgan fingerprint density at radius 3 is 2.42 bits per heavy atom.